The molecule has 2 N–H and O–H groups in total. The number of urea groups is 1. The normalized spacial score (nSPS) is 15.6. The van der Waals surface area contributed by atoms with Crippen molar-refractivity contribution in [1.82, 2.24) is 10.6 Å². The van der Waals surface area contributed by atoms with Crippen molar-refractivity contribution >= 4 is 6.03 Å². The van der Waals surface area contributed by atoms with Crippen molar-refractivity contribution in [3.63, 3.8) is 0 Å². The Hall–Kier alpha value is -1.55. The number of amides is 2. The number of rotatable bonds is 7. The first-order valence-electron chi connectivity index (χ1n) is 7.98. The molecule has 1 aliphatic heterocycles. The molecule has 4 heteroatoms. The van der Waals surface area contributed by atoms with Crippen molar-refractivity contribution < 1.29 is 9.53 Å². The van der Waals surface area contributed by atoms with Gasteiger partial charge < -0.3 is 15.4 Å². The van der Waals surface area contributed by atoms with E-state index in [2.05, 4.69) is 22.8 Å². The predicted molar refractivity (Wildman–Crippen MR) is 84.3 cm³/mol. The summed E-state index contributed by atoms with van der Waals surface area (Å²) in [5, 5.41) is 5.83. The van der Waals surface area contributed by atoms with Crippen LogP contribution >= 0.6 is 0 Å². The molecule has 1 aliphatic rings. The molecule has 0 saturated carbocycles. The maximum absolute atomic E-state index is 11.6. The van der Waals surface area contributed by atoms with Crippen LogP contribution in [0.4, 0.5) is 4.79 Å². The molecule has 0 aliphatic carbocycles. The standard InChI is InChI=1S/C17H26N2O2/c20-17(19-12-8-15-5-2-1-3-6-15)18-11-4-7-16-9-13-21-14-10-16/h1-3,5-6,16H,4,7-14H2,(H2,18,19,20). The van der Waals surface area contributed by atoms with E-state index in [-0.39, 0.29) is 6.03 Å². The Bertz CT molecular complexity index is 403. The van der Waals surface area contributed by atoms with E-state index in [0.717, 1.165) is 38.5 Å². The van der Waals surface area contributed by atoms with Crippen molar-refractivity contribution in [3.8, 4) is 0 Å². The lowest BCUT2D eigenvalue weighted by molar-refractivity contribution is 0.0634. The highest BCUT2D eigenvalue weighted by atomic mass is 16.5. The molecule has 1 fully saturated rings. The number of carbonyl (C=O) groups is 1. The number of hydrogen-bond donors (Lipinski definition) is 2. The van der Waals surface area contributed by atoms with Crippen LogP contribution in [0.1, 0.15) is 31.2 Å². The fourth-order valence-corrected chi connectivity index (χ4v) is 2.66. The van der Waals surface area contributed by atoms with Crippen LogP contribution in [-0.4, -0.2) is 32.3 Å². The molecule has 0 aromatic heterocycles. The quantitative estimate of drug-likeness (QED) is 0.759. The van der Waals surface area contributed by atoms with E-state index in [1.165, 1.54) is 24.8 Å². The summed E-state index contributed by atoms with van der Waals surface area (Å²) in [6.07, 6.45) is 5.45. The first-order valence-corrected chi connectivity index (χ1v) is 7.98. The van der Waals surface area contributed by atoms with Gasteiger partial charge in [-0.2, -0.15) is 0 Å². The van der Waals surface area contributed by atoms with Gasteiger partial charge in [-0.3, -0.25) is 0 Å². The van der Waals surface area contributed by atoms with E-state index in [1.807, 2.05) is 18.2 Å². The molecule has 4 nitrogen and oxygen atoms in total. The Morgan fingerprint density at radius 1 is 1.10 bits per heavy atom. The summed E-state index contributed by atoms with van der Waals surface area (Å²) in [4.78, 5) is 11.6. The summed E-state index contributed by atoms with van der Waals surface area (Å²) < 4.78 is 5.35. The Kier molecular flexibility index (Phi) is 7.08. The van der Waals surface area contributed by atoms with E-state index >= 15 is 0 Å². The summed E-state index contributed by atoms with van der Waals surface area (Å²) in [7, 11) is 0. The smallest absolute Gasteiger partial charge is 0.314 e. The van der Waals surface area contributed by atoms with Crippen LogP contribution in [0, 0.1) is 5.92 Å². The topological polar surface area (TPSA) is 50.4 Å². The van der Waals surface area contributed by atoms with Gasteiger partial charge in [0.2, 0.25) is 0 Å². The van der Waals surface area contributed by atoms with Gasteiger partial charge in [0, 0.05) is 26.3 Å². The van der Waals surface area contributed by atoms with Crippen LogP contribution in [0.15, 0.2) is 30.3 Å². The molecule has 2 amide bonds. The van der Waals surface area contributed by atoms with Crippen LogP contribution in [-0.2, 0) is 11.2 Å². The third kappa shape index (κ3) is 6.63. The average molecular weight is 290 g/mol. The Morgan fingerprint density at radius 2 is 1.81 bits per heavy atom. The minimum absolute atomic E-state index is 0.0575. The molecule has 1 heterocycles. The minimum Gasteiger partial charge on any atom is -0.381 e. The molecule has 1 aromatic carbocycles. The lowest BCUT2D eigenvalue weighted by atomic mass is 9.95. The zero-order valence-corrected chi connectivity index (χ0v) is 12.6. The number of benzene rings is 1. The fourth-order valence-electron chi connectivity index (χ4n) is 2.66. The molecule has 1 aromatic rings. The Balaban J connectivity index is 1.47. The number of hydrogen-bond acceptors (Lipinski definition) is 2. The van der Waals surface area contributed by atoms with E-state index in [4.69, 9.17) is 4.74 Å². The highest BCUT2D eigenvalue weighted by Crippen LogP contribution is 2.19. The van der Waals surface area contributed by atoms with Gasteiger partial charge >= 0.3 is 6.03 Å². The minimum atomic E-state index is -0.0575. The molecule has 0 spiro atoms. The maximum atomic E-state index is 11.6. The Labute approximate surface area is 127 Å². The van der Waals surface area contributed by atoms with E-state index in [1.54, 1.807) is 0 Å². The van der Waals surface area contributed by atoms with E-state index < -0.39 is 0 Å². The molecular formula is C17H26N2O2. The molecular weight excluding hydrogens is 264 g/mol. The van der Waals surface area contributed by atoms with Crippen LogP contribution in [0.3, 0.4) is 0 Å². The second-order valence-electron chi connectivity index (χ2n) is 5.62. The molecule has 21 heavy (non-hydrogen) atoms. The van der Waals surface area contributed by atoms with Gasteiger partial charge in [-0.15, -0.1) is 0 Å². The lowest BCUT2D eigenvalue weighted by Crippen LogP contribution is -2.37. The van der Waals surface area contributed by atoms with Gasteiger partial charge in [0.05, 0.1) is 0 Å². The molecule has 0 unspecified atom stereocenters. The maximum Gasteiger partial charge on any atom is 0.314 e. The molecule has 2 rings (SSSR count). The van der Waals surface area contributed by atoms with Crippen LogP contribution < -0.4 is 10.6 Å². The summed E-state index contributed by atoms with van der Waals surface area (Å²) in [5.74, 6) is 0.779. The second kappa shape index (κ2) is 9.40. The van der Waals surface area contributed by atoms with Gasteiger partial charge in [-0.05, 0) is 43.6 Å². The highest BCUT2D eigenvalue weighted by Gasteiger charge is 2.12. The van der Waals surface area contributed by atoms with Gasteiger partial charge in [0.1, 0.15) is 0 Å². The number of ether oxygens (including phenoxy) is 1. The third-order valence-corrected chi connectivity index (χ3v) is 3.96. The molecule has 0 radical (unpaired) electrons. The molecule has 116 valence electrons. The first kappa shape index (κ1) is 15.8. The van der Waals surface area contributed by atoms with Crippen molar-refractivity contribution in [2.45, 2.75) is 32.1 Å². The predicted octanol–water partition coefficient (Wildman–Crippen LogP) is 2.74. The van der Waals surface area contributed by atoms with Gasteiger partial charge in [-0.25, -0.2) is 4.79 Å². The van der Waals surface area contributed by atoms with Gasteiger partial charge in [-0.1, -0.05) is 30.3 Å². The SMILES string of the molecule is O=C(NCCCC1CCOCC1)NCCc1ccccc1. The largest absolute Gasteiger partial charge is 0.381 e. The van der Waals surface area contributed by atoms with Gasteiger partial charge in [0.25, 0.3) is 0 Å². The highest BCUT2D eigenvalue weighted by molar-refractivity contribution is 5.73. The summed E-state index contributed by atoms with van der Waals surface area (Å²) >= 11 is 0. The molecule has 0 atom stereocenters. The van der Waals surface area contributed by atoms with Gasteiger partial charge in [0.15, 0.2) is 0 Å². The fraction of sp³-hybridized carbons (Fsp3) is 0.588. The summed E-state index contributed by atoms with van der Waals surface area (Å²) in [6, 6.07) is 10.1. The monoisotopic (exact) mass is 290 g/mol. The number of nitrogens with one attached hydrogen (secondary N) is 2. The lowest BCUT2D eigenvalue weighted by Gasteiger charge is -2.21. The summed E-state index contributed by atoms with van der Waals surface area (Å²) in [5.41, 5.74) is 1.25. The molecule has 0 bridgehead atoms. The van der Waals surface area contributed by atoms with Crippen LogP contribution in [0.2, 0.25) is 0 Å². The van der Waals surface area contributed by atoms with Crippen molar-refractivity contribution in [2.75, 3.05) is 26.3 Å². The second-order valence-corrected chi connectivity index (χ2v) is 5.62. The first-order chi connectivity index (χ1) is 10.3. The molecule has 1 saturated heterocycles. The zero-order valence-electron chi connectivity index (χ0n) is 12.6. The Morgan fingerprint density at radius 3 is 2.57 bits per heavy atom. The van der Waals surface area contributed by atoms with Crippen molar-refractivity contribution in [3.05, 3.63) is 35.9 Å². The third-order valence-electron chi connectivity index (χ3n) is 3.96. The average Bonchev–Trinajstić information content (AvgIpc) is 2.54. The van der Waals surface area contributed by atoms with Crippen molar-refractivity contribution in [2.24, 2.45) is 5.92 Å². The van der Waals surface area contributed by atoms with E-state index in [9.17, 15) is 4.79 Å². The summed E-state index contributed by atoms with van der Waals surface area (Å²) in [6.45, 7) is 3.24. The van der Waals surface area contributed by atoms with Crippen LogP contribution in [0.5, 0.6) is 0 Å². The number of carbonyl (C=O) groups excluding carboxylic acids is 1. The van der Waals surface area contributed by atoms with E-state index in [0.29, 0.717) is 6.54 Å². The van der Waals surface area contributed by atoms with Crippen molar-refractivity contribution in [1.29, 1.82) is 0 Å². The zero-order chi connectivity index (χ0) is 14.8. The van der Waals surface area contributed by atoms with Crippen LogP contribution in [0.25, 0.3) is 0 Å².